The molecule has 0 aromatic carbocycles. The predicted molar refractivity (Wildman–Crippen MR) is 80.2 cm³/mol. The van der Waals surface area contributed by atoms with Crippen molar-refractivity contribution in [1.29, 1.82) is 0 Å². The van der Waals surface area contributed by atoms with E-state index < -0.39 is 11.0 Å². The van der Waals surface area contributed by atoms with Gasteiger partial charge in [0.15, 0.2) is 0 Å². The van der Waals surface area contributed by atoms with Gasteiger partial charge in [-0.15, -0.1) is 0 Å². The first-order valence-corrected chi connectivity index (χ1v) is 7.54. The summed E-state index contributed by atoms with van der Waals surface area (Å²) in [5.41, 5.74) is 4.11. The summed E-state index contributed by atoms with van der Waals surface area (Å²) < 4.78 is 0. The first kappa shape index (κ1) is 17.6. The number of likely N-dealkylation sites (N-methyl/N-ethyl adjacent to an activating group) is 1. The molecule has 1 fully saturated rings. The first-order valence-electron chi connectivity index (χ1n) is 7.54. The summed E-state index contributed by atoms with van der Waals surface area (Å²) in [6, 6.07) is 0. The molecule has 0 saturated carbocycles. The second-order valence-corrected chi connectivity index (χ2v) is 6.59. The lowest BCUT2D eigenvalue weighted by Crippen LogP contribution is -2.53. The van der Waals surface area contributed by atoms with Crippen molar-refractivity contribution in [3.63, 3.8) is 0 Å². The Bertz CT molecular complexity index is 434. The Morgan fingerprint density at radius 3 is 2.43 bits per heavy atom. The molecular formula is C15H27N3O3. The quantitative estimate of drug-likeness (QED) is 0.512. The molecule has 3 N–H and O–H groups in total. The lowest BCUT2D eigenvalue weighted by Gasteiger charge is -2.27. The Balaban J connectivity index is 2.46. The van der Waals surface area contributed by atoms with E-state index in [-0.39, 0.29) is 24.1 Å². The van der Waals surface area contributed by atoms with Crippen molar-refractivity contribution in [2.45, 2.75) is 58.9 Å². The van der Waals surface area contributed by atoms with Gasteiger partial charge >= 0.3 is 0 Å². The number of carbonyl (C=O) groups is 3. The Morgan fingerprint density at radius 2 is 2.00 bits per heavy atom. The maximum Gasteiger partial charge on any atom is 0.237 e. The molecule has 0 bridgehead atoms. The largest absolute Gasteiger partial charge is 0.368 e. The molecule has 3 amide bonds. The summed E-state index contributed by atoms with van der Waals surface area (Å²) in [6.07, 6.45) is 2.28. The van der Waals surface area contributed by atoms with Crippen molar-refractivity contribution in [3.8, 4) is 0 Å². The van der Waals surface area contributed by atoms with E-state index in [0.29, 0.717) is 25.9 Å². The molecule has 0 aliphatic carbocycles. The zero-order valence-corrected chi connectivity index (χ0v) is 13.5. The highest BCUT2D eigenvalue weighted by Crippen LogP contribution is 2.31. The molecule has 0 radical (unpaired) electrons. The molecular weight excluding hydrogens is 270 g/mol. The van der Waals surface area contributed by atoms with Crippen molar-refractivity contribution in [2.75, 3.05) is 13.1 Å². The SMILES string of the molecule is CCNC(C)(CCCCN1C(=O)CC(C)(C)C1=O)C(N)=O. The highest BCUT2D eigenvalue weighted by molar-refractivity contribution is 6.05. The fourth-order valence-electron chi connectivity index (χ4n) is 2.69. The van der Waals surface area contributed by atoms with Gasteiger partial charge in [0.1, 0.15) is 0 Å². The third kappa shape index (κ3) is 4.03. The van der Waals surface area contributed by atoms with Crippen molar-refractivity contribution >= 4 is 17.7 Å². The lowest BCUT2D eigenvalue weighted by molar-refractivity contribution is -0.141. The molecule has 0 spiro atoms. The number of nitrogens with one attached hydrogen (secondary N) is 1. The Labute approximate surface area is 126 Å². The van der Waals surface area contributed by atoms with Crippen molar-refractivity contribution in [2.24, 2.45) is 11.1 Å². The van der Waals surface area contributed by atoms with Gasteiger partial charge in [-0.05, 0) is 32.7 Å². The molecule has 120 valence electrons. The van der Waals surface area contributed by atoms with Crippen LogP contribution in [0.5, 0.6) is 0 Å². The number of unbranched alkanes of at least 4 members (excludes halogenated alkanes) is 1. The highest BCUT2D eigenvalue weighted by Gasteiger charge is 2.44. The number of amides is 3. The standard InChI is InChI=1S/C15H27N3O3/c1-5-17-15(4,12(16)20)8-6-7-9-18-11(19)10-14(2,3)13(18)21/h17H,5-10H2,1-4H3,(H2,16,20). The van der Waals surface area contributed by atoms with Gasteiger partial charge in [-0.2, -0.15) is 0 Å². The summed E-state index contributed by atoms with van der Waals surface area (Å²) in [6.45, 7) is 8.38. The van der Waals surface area contributed by atoms with Crippen LogP contribution in [-0.2, 0) is 14.4 Å². The third-order valence-corrected chi connectivity index (χ3v) is 4.14. The number of rotatable bonds is 8. The van der Waals surface area contributed by atoms with Gasteiger partial charge in [-0.1, -0.05) is 20.8 Å². The minimum atomic E-state index is -0.729. The summed E-state index contributed by atoms with van der Waals surface area (Å²) in [7, 11) is 0. The number of nitrogens with zero attached hydrogens (tertiary/aromatic N) is 1. The van der Waals surface area contributed by atoms with Crippen LogP contribution in [0.4, 0.5) is 0 Å². The van der Waals surface area contributed by atoms with Crippen LogP contribution in [0, 0.1) is 5.41 Å². The fraction of sp³-hybridized carbons (Fsp3) is 0.800. The maximum atomic E-state index is 12.1. The number of carbonyl (C=O) groups excluding carboxylic acids is 3. The summed E-state index contributed by atoms with van der Waals surface area (Å²) in [4.78, 5) is 36.7. The van der Waals surface area contributed by atoms with E-state index in [1.165, 1.54) is 4.90 Å². The fourth-order valence-corrected chi connectivity index (χ4v) is 2.69. The van der Waals surface area contributed by atoms with E-state index in [9.17, 15) is 14.4 Å². The zero-order valence-electron chi connectivity index (χ0n) is 13.5. The number of hydrogen-bond donors (Lipinski definition) is 2. The summed E-state index contributed by atoms with van der Waals surface area (Å²) in [5, 5.41) is 3.10. The normalized spacial score (nSPS) is 20.7. The zero-order chi connectivity index (χ0) is 16.3. The van der Waals surface area contributed by atoms with Crippen LogP contribution in [-0.4, -0.2) is 41.2 Å². The number of imide groups is 1. The van der Waals surface area contributed by atoms with Gasteiger partial charge in [0.05, 0.1) is 11.0 Å². The first-order chi connectivity index (χ1) is 9.64. The van der Waals surface area contributed by atoms with E-state index in [4.69, 9.17) is 5.73 Å². The van der Waals surface area contributed by atoms with E-state index in [1.54, 1.807) is 20.8 Å². The molecule has 1 saturated heterocycles. The summed E-state index contributed by atoms with van der Waals surface area (Å²) >= 11 is 0. The van der Waals surface area contributed by atoms with Gasteiger partial charge < -0.3 is 11.1 Å². The van der Waals surface area contributed by atoms with Crippen LogP contribution in [0.1, 0.15) is 53.4 Å². The van der Waals surface area contributed by atoms with Gasteiger partial charge in [0.2, 0.25) is 17.7 Å². The molecule has 1 heterocycles. The number of hydrogen-bond acceptors (Lipinski definition) is 4. The minimum Gasteiger partial charge on any atom is -0.368 e. The van der Waals surface area contributed by atoms with Crippen LogP contribution < -0.4 is 11.1 Å². The lowest BCUT2D eigenvalue weighted by atomic mass is 9.92. The number of likely N-dealkylation sites (tertiary alicyclic amines) is 1. The predicted octanol–water partition coefficient (Wildman–Crippen LogP) is 0.795. The second-order valence-electron chi connectivity index (χ2n) is 6.59. The molecule has 0 aromatic heterocycles. The average molecular weight is 297 g/mol. The van der Waals surface area contributed by atoms with Crippen LogP contribution >= 0.6 is 0 Å². The van der Waals surface area contributed by atoms with Crippen molar-refractivity contribution < 1.29 is 14.4 Å². The van der Waals surface area contributed by atoms with Gasteiger partial charge in [0.25, 0.3) is 0 Å². The number of primary amides is 1. The third-order valence-electron chi connectivity index (χ3n) is 4.14. The molecule has 1 unspecified atom stereocenters. The molecule has 1 rings (SSSR count). The highest BCUT2D eigenvalue weighted by atomic mass is 16.2. The van der Waals surface area contributed by atoms with Gasteiger partial charge in [-0.3, -0.25) is 19.3 Å². The monoisotopic (exact) mass is 297 g/mol. The Kier molecular flexibility index (Phi) is 5.50. The van der Waals surface area contributed by atoms with E-state index in [0.717, 1.165) is 6.42 Å². The maximum absolute atomic E-state index is 12.1. The molecule has 6 heteroatoms. The van der Waals surface area contributed by atoms with Crippen molar-refractivity contribution in [1.82, 2.24) is 10.2 Å². The molecule has 6 nitrogen and oxygen atoms in total. The molecule has 1 aliphatic heterocycles. The average Bonchev–Trinajstić information content (AvgIpc) is 2.55. The van der Waals surface area contributed by atoms with Crippen LogP contribution in [0.2, 0.25) is 0 Å². The topological polar surface area (TPSA) is 92.5 Å². The van der Waals surface area contributed by atoms with Crippen LogP contribution in [0.15, 0.2) is 0 Å². The molecule has 1 atom stereocenters. The van der Waals surface area contributed by atoms with E-state index >= 15 is 0 Å². The van der Waals surface area contributed by atoms with E-state index in [2.05, 4.69) is 5.32 Å². The Morgan fingerprint density at radius 1 is 1.38 bits per heavy atom. The molecule has 0 aromatic rings. The smallest absolute Gasteiger partial charge is 0.237 e. The van der Waals surface area contributed by atoms with Gasteiger partial charge in [0, 0.05) is 13.0 Å². The Hall–Kier alpha value is -1.43. The van der Waals surface area contributed by atoms with Crippen LogP contribution in [0.25, 0.3) is 0 Å². The molecule has 1 aliphatic rings. The molecule has 21 heavy (non-hydrogen) atoms. The minimum absolute atomic E-state index is 0.100. The van der Waals surface area contributed by atoms with Crippen molar-refractivity contribution in [3.05, 3.63) is 0 Å². The summed E-state index contributed by atoms with van der Waals surface area (Å²) in [5.74, 6) is -0.579. The van der Waals surface area contributed by atoms with Gasteiger partial charge in [-0.25, -0.2) is 0 Å². The van der Waals surface area contributed by atoms with E-state index in [1.807, 2.05) is 6.92 Å². The van der Waals surface area contributed by atoms with Crippen LogP contribution in [0.3, 0.4) is 0 Å². The number of nitrogens with two attached hydrogens (primary N) is 1. The second kappa shape index (κ2) is 6.56.